The zero-order valence-corrected chi connectivity index (χ0v) is 15.0. The van der Waals surface area contributed by atoms with Gasteiger partial charge >= 0.3 is 0 Å². The third kappa shape index (κ3) is 3.49. The number of ketones is 1. The van der Waals surface area contributed by atoms with Crippen molar-refractivity contribution in [3.63, 3.8) is 0 Å². The summed E-state index contributed by atoms with van der Waals surface area (Å²) in [6.45, 7) is 7.35. The van der Waals surface area contributed by atoms with Crippen LogP contribution in [0.4, 0.5) is 0 Å². The van der Waals surface area contributed by atoms with Crippen LogP contribution < -0.4 is 0 Å². The molecule has 1 aromatic heterocycles. The van der Waals surface area contributed by atoms with Crippen LogP contribution in [0.1, 0.15) is 54.3 Å². The molecule has 25 heavy (non-hydrogen) atoms. The minimum atomic E-state index is 0.108. The molecule has 1 aromatic carbocycles. The van der Waals surface area contributed by atoms with Crippen LogP contribution in [0, 0.1) is 24.2 Å². The minimum Gasteiger partial charge on any atom is -0.379 e. The van der Waals surface area contributed by atoms with Gasteiger partial charge in [-0.3, -0.25) is 9.48 Å². The van der Waals surface area contributed by atoms with Crippen LogP contribution in [0.5, 0.6) is 0 Å². The van der Waals surface area contributed by atoms with Gasteiger partial charge in [0.2, 0.25) is 0 Å². The number of ether oxygens (including phenoxy) is 1. The van der Waals surface area contributed by atoms with Gasteiger partial charge in [0.1, 0.15) is 5.69 Å². The van der Waals surface area contributed by atoms with Gasteiger partial charge in [-0.25, -0.2) is 0 Å². The third-order valence-corrected chi connectivity index (χ3v) is 4.54. The molecule has 1 unspecified atom stereocenters. The maximum atomic E-state index is 12.9. The van der Waals surface area contributed by atoms with Crippen molar-refractivity contribution in [3.05, 3.63) is 41.1 Å². The number of aromatic nitrogens is 2. The van der Waals surface area contributed by atoms with E-state index in [-0.39, 0.29) is 11.8 Å². The summed E-state index contributed by atoms with van der Waals surface area (Å²) in [6.07, 6.45) is 1.38. The molecule has 1 atom stereocenters. The Morgan fingerprint density at radius 1 is 1.40 bits per heavy atom. The summed E-state index contributed by atoms with van der Waals surface area (Å²) in [4.78, 5) is 12.9. The number of nitriles is 1. The van der Waals surface area contributed by atoms with E-state index in [1.165, 1.54) is 0 Å². The third-order valence-electron chi connectivity index (χ3n) is 4.54. The minimum absolute atomic E-state index is 0.108. The molecule has 1 saturated heterocycles. The standard InChI is InChI=1S/C20H23N3O2/c1-13(2)10-18(24)20-14(3)19(16-6-4-15(11-21)5-7-16)22-23(20)17-8-9-25-12-17/h4-7,13,17H,8-10,12H2,1-3H3. The van der Waals surface area contributed by atoms with E-state index >= 15 is 0 Å². The van der Waals surface area contributed by atoms with Crippen LogP contribution in [0.25, 0.3) is 11.3 Å². The van der Waals surface area contributed by atoms with Gasteiger partial charge in [-0.05, 0) is 31.4 Å². The van der Waals surface area contributed by atoms with E-state index in [0.29, 0.717) is 36.8 Å². The molecule has 0 bridgehead atoms. The number of benzene rings is 1. The Kier molecular flexibility index (Phi) is 5.00. The predicted molar refractivity (Wildman–Crippen MR) is 95.4 cm³/mol. The van der Waals surface area contributed by atoms with E-state index in [0.717, 1.165) is 23.2 Å². The molecular formula is C20H23N3O2. The maximum absolute atomic E-state index is 12.9. The molecule has 0 amide bonds. The fourth-order valence-corrected chi connectivity index (χ4v) is 3.28. The highest BCUT2D eigenvalue weighted by molar-refractivity contribution is 5.97. The lowest BCUT2D eigenvalue weighted by molar-refractivity contribution is 0.0952. The van der Waals surface area contributed by atoms with Gasteiger partial charge in [-0.1, -0.05) is 26.0 Å². The Morgan fingerprint density at radius 2 is 2.12 bits per heavy atom. The van der Waals surface area contributed by atoms with Gasteiger partial charge in [-0.15, -0.1) is 0 Å². The van der Waals surface area contributed by atoms with E-state index < -0.39 is 0 Å². The lowest BCUT2D eigenvalue weighted by Gasteiger charge is -2.13. The van der Waals surface area contributed by atoms with Crippen molar-refractivity contribution in [1.29, 1.82) is 5.26 Å². The smallest absolute Gasteiger partial charge is 0.181 e. The molecule has 130 valence electrons. The Morgan fingerprint density at radius 3 is 2.68 bits per heavy atom. The summed E-state index contributed by atoms with van der Waals surface area (Å²) < 4.78 is 7.38. The molecule has 1 fully saturated rings. The molecule has 3 rings (SSSR count). The SMILES string of the molecule is Cc1c(-c2ccc(C#N)cc2)nn(C2CCOC2)c1C(=O)CC(C)C. The lowest BCUT2D eigenvalue weighted by atomic mass is 9.99. The second-order valence-electron chi connectivity index (χ2n) is 6.99. The van der Waals surface area contributed by atoms with Gasteiger partial charge in [0.05, 0.1) is 30.0 Å². The summed E-state index contributed by atoms with van der Waals surface area (Å²) in [5, 5.41) is 13.8. The van der Waals surface area contributed by atoms with E-state index in [4.69, 9.17) is 15.1 Å². The number of carbonyl (C=O) groups is 1. The fraction of sp³-hybridized carbons (Fsp3) is 0.450. The van der Waals surface area contributed by atoms with Crippen LogP contribution in [0.3, 0.4) is 0 Å². The molecule has 1 aliphatic heterocycles. The topological polar surface area (TPSA) is 67.9 Å². The zero-order chi connectivity index (χ0) is 18.0. The van der Waals surface area contributed by atoms with Crippen LogP contribution in [0.15, 0.2) is 24.3 Å². The van der Waals surface area contributed by atoms with Crippen molar-refractivity contribution in [2.45, 2.75) is 39.7 Å². The number of carbonyl (C=O) groups excluding carboxylic acids is 1. The molecule has 0 saturated carbocycles. The monoisotopic (exact) mass is 337 g/mol. The van der Waals surface area contributed by atoms with Gasteiger partial charge in [0.15, 0.2) is 5.78 Å². The van der Waals surface area contributed by atoms with Crippen molar-refractivity contribution in [2.24, 2.45) is 5.92 Å². The molecule has 2 aromatic rings. The number of hydrogen-bond acceptors (Lipinski definition) is 4. The van der Waals surface area contributed by atoms with Gasteiger partial charge in [0, 0.05) is 24.2 Å². The Balaban J connectivity index is 2.07. The van der Waals surface area contributed by atoms with E-state index in [1.54, 1.807) is 12.1 Å². The fourth-order valence-electron chi connectivity index (χ4n) is 3.28. The summed E-state index contributed by atoms with van der Waals surface area (Å²) in [7, 11) is 0. The summed E-state index contributed by atoms with van der Waals surface area (Å²) in [6, 6.07) is 9.57. The average Bonchev–Trinajstić information content (AvgIpc) is 3.22. The van der Waals surface area contributed by atoms with Crippen molar-refractivity contribution in [1.82, 2.24) is 9.78 Å². The Labute approximate surface area is 148 Å². The first-order chi connectivity index (χ1) is 12.0. The zero-order valence-electron chi connectivity index (χ0n) is 15.0. The number of rotatable bonds is 5. The summed E-state index contributed by atoms with van der Waals surface area (Å²) in [5.74, 6) is 0.431. The Hall–Kier alpha value is -2.45. The second kappa shape index (κ2) is 7.20. The molecule has 2 heterocycles. The number of nitrogens with zero attached hydrogens (tertiary/aromatic N) is 3. The maximum Gasteiger partial charge on any atom is 0.181 e. The highest BCUT2D eigenvalue weighted by atomic mass is 16.5. The second-order valence-corrected chi connectivity index (χ2v) is 6.99. The summed E-state index contributed by atoms with van der Waals surface area (Å²) >= 11 is 0. The number of hydrogen-bond donors (Lipinski definition) is 0. The summed E-state index contributed by atoms with van der Waals surface area (Å²) in [5.41, 5.74) is 3.95. The predicted octanol–water partition coefficient (Wildman–Crippen LogP) is 3.92. The first kappa shape index (κ1) is 17.4. The van der Waals surface area contributed by atoms with Crippen LogP contribution >= 0.6 is 0 Å². The van der Waals surface area contributed by atoms with Crippen molar-refractivity contribution < 1.29 is 9.53 Å². The molecule has 0 N–H and O–H groups in total. The van der Waals surface area contributed by atoms with Gasteiger partial charge in [0.25, 0.3) is 0 Å². The molecular weight excluding hydrogens is 314 g/mol. The van der Waals surface area contributed by atoms with Gasteiger partial charge in [-0.2, -0.15) is 10.4 Å². The quantitative estimate of drug-likeness (QED) is 0.776. The molecule has 0 radical (unpaired) electrons. The molecule has 0 spiro atoms. The molecule has 5 heteroatoms. The normalized spacial score (nSPS) is 17.0. The highest BCUT2D eigenvalue weighted by Crippen LogP contribution is 2.31. The molecule has 0 aliphatic carbocycles. The first-order valence-electron chi connectivity index (χ1n) is 8.71. The van der Waals surface area contributed by atoms with E-state index in [9.17, 15) is 4.79 Å². The Bertz CT molecular complexity index is 807. The van der Waals surface area contributed by atoms with Crippen molar-refractivity contribution >= 4 is 5.78 Å². The lowest BCUT2D eigenvalue weighted by Crippen LogP contribution is -2.18. The highest BCUT2D eigenvalue weighted by Gasteiger charge is 2.28. The van der Waals surface area contributed by atoms with Crippen molar-refractivity contribution in [3.8, 4) is 17.3 Å². The van der Waals surface area contributed by atoms with E-state index in [1.807, 2.05) is 37.6 Å². The van der Waals surface area contributed by atoms with Crippen LogP contribution in [-0.2, 0) is 4.74 Å². The number of Topliss-reactive ketones (excluding diaryl/α,β-unsaturated/α-hetero) is 1. The molecule has 1 aliphatic rings. The van der Waals surface area contributed by atoms with Crippen LogP contribution in [-0.4, -0.2) is 28.8 Å². The van der Waals surface area contributed by atoms with E-state index in [2.05, 4.69) is 6.07 Å². The molecule has 5 nitrogen and oxygen atoms in total. The van der Waals surface area contributed by atoms with Crippen molar-refractivity contribution in [2.75, 3.05) is 13.2 Å². The average molecular weight is 337 g/mol. The largest absolute Gasteiger partial charge is 0.379 e. The first-order valence-corrected chi connectivity index (χ1v) is 8.71. The van der Waals surface area contributed by atoms with Gasteiger partial charge < -0.3 is 4.74 Å². The van der Waals surface area contributed by atoms with Crippen LogP contribution in [0.2, 0.25) is 0 Å².